The number of nitrogens with one attached hydrogen (secondary N) is 1. The average molecular weight is 431 g/mol. The van der Waals surface area contributed by atoms with Crippen LogP contribution in [0.4, 0.5) is 4.79 Å². The predicted molar refractivity (Wildman–Crippen MR) is 120 cm³/mol. The number of hydrogen-bond donors (Lipinski definition) is 1. The van der Waals surface area contributed by atoms with E-state index in [0.717, 1.165) is 11.1 Å². The van der Waals surface area contributed by atoms with E-state index in [0.29, 0.717) is 18.6 Å². The smallest absolute Gasteiger partial charge is 0.333 e. The summed E-state index contributed by atoms with van der Waals surface area (Å²) in [5.41, 5.74) is 2.50. The molecule has 4 rings (SSSR count). The van der Waals surface area contributed by atoms with E-state index in [9.17, 15) is 14.4 Å². The second-order valence-corrected chi connectivity index (χ2v) is 8.23. The maximum atomic E-state index is 13.2. The van der Waals surface area contributed by atoms with Crippen LogP contribution in [0.25, 0.3) is 0 Å². The molecular weight excluding hydrogens is 405 g/mol. The van der Waals surface area contributed by atoms with Gasteiger partial charge in [0.05, 0.1) is 13.1 Å². The van der Waals surface area contributed by atoms with E-state index < -0.39 is 12.2 Å². The Morgan fingerprint density at radius 2 is 1.81 bits per heavy atom. The van der Waals surface area contributed by atoms with Gasteiger partial charge in [0.1, 0.15) is 20.1 Å². The first kappa shape index (κ1) is 21.9. The molecule has 0 bridgehead atoms. The van der Waals surface area contributed by atoms with Crippen LogP contribution in [0, 0.1) is 0 Å². The molecule has 0 unspecified atom stereocenters. The van der Waals surface area contributed by atoms with Gasteiger partial charge < -0.3 is 15.1 Å². The minimum atomic E-state index is -0.666. The number of piperazine rings is 1. The molecule has 32 heavy (non-hydrogen) atoms. The summed E-state index contributed by atoms with van der Waals surface area (Å²) in [6.45, 7) is 2.68. The van der Waals surface area contributed by atoms with Crippen molar-refractivity contribution in [3.05, 3.63) is 65.7 Å². The molecule has 8 nitrogen and oxygen atoms in total. The Morgan fingerprint density at radius 1 is 1.09 bits per heavy atom. The van der Waals surface area contributed by atoms with Gasteiger partial charge in [-0.05, 0) is 18.1 Å². The largest absolute Gasteiger partial charge is 0.334 e. The van der Waals surface area contributed by atoms with Gasteiger partial charge in [-0.2, -0.15) is 0 Å². The molecule has 2 aliphatic rings. The molecule has 2 heterocycles. The zero-order valence-electron chi connectivity index (χ0n) is 18.3. The maximum absolute atomic E-state index is 13.2. The summed E-state index contributed by atoms with van der Waals surface area (Å²) in [5, 5.41) is 6.09. The third-order valence-electron chi connectivity index (χ3n) is 5.91. The number of urea groups is 1. The van der Waals surface area contributed by atoms with E-state index in [1.165, 1.54) is 4.90 Å². The molecule has 0 spiro atoms. The van der Waals surface area contributed by atoms with Crippen LogP contribution in [-0.2, 0) is 22.7 Å². The quantitative estimate of drug-likeness (QED) is 0.713. The number of benzene rings is 2. The number of nitrogens with zero attached hydrogens (tertiary/aromatic N) is 4. The molecule has 2 aromatic carbocycles. The number of carbonyl (C=O) groups is 3. The summed E-state index contributed by atoms with van der Waals surface area (Å²) in [4.78, 5) is 42.2. The third-order valence-corrected chi connectivity index (χ3v) is 5.91. The standard InChI is InChI=1S/C23H26BN5O3/c1-16-22(31)27(13-18-9-6-10-19(24)11-18)14-20-28(16)21(30)15-26(2)29(20)23(32)25-12-17-7-4-3-5-8-17/h3-11,16,20H,12-15H2,1-2H3,(H,25,32)/t16-,20-/m0/s1. The Morgan fingerprint density at radius 3 is 2.53 bits per heavy atom. The minimum Gasteiger partial charge on any atom is -0.333 e. The van der Waals surface area contributed by atoms with Gasteiger partial charge in [0.2, 0.25) is 11.8 Å². The summed E-state index contributed by atoms with van der Waals surface area (Å²) in [5.74, 6) is -0.319. The molecule has 0 saturated carbocycles. The Kier molecular flexibility index (Phi) is 6.18. The monoisotopic (exact) mass is 431 g/mol. The van der Waals surface area contributed by atoms with E-state index in [-0.39, 0.29) is 30.9 Å². The SMILES string of the molecule is [B]c1cccc(CN2C[C@H]3N(C(=O)CN(C)N3C(=O)NCc3ccccc3)[C@@H](C)C2=O)c1. The summed E-state index contributed by atoms with van der Waals surface area (Å²) in [6, 6.07) is 16.0. The first-order chi connectivity index (χ1) is 15.3. The summed E-state index contributed by atoms with van der Waals surface area (Å²) >= 11 is 0. The summed E-state index contributed by atoms with van der Waals surface area (Å²) < 4.78 is 0. The highest BCUT2D eigenvalue weighted by Crippen LogP contribution is 2.26. The van der Waals surface area contributed by atoms with Gasteiger partial charge in [-0.1, -0.05) is 60.1 Å². The van der Waals surface area contributed by atoms with E-state index in [1.54, 1.807) is 35.0 Å². The predicted octanol–water partition coefficient (Wildman–Crippen LogP) is 0.438. The molecule has 4 amide bonds. The molecule has 9 heteroatoms. The third kappa shape index (κ3) is 4.34. The van der Waals surface area contributed by atoms with Gasteiger partial charge in [-0.25, -0.2) is 14.8 Å². The van der Waals surface area contributed by atoms with Crippen molar-refractivity contribution in [1.82, 2.24) is 25.1 Å². The molecular formula is C23H26BN5O3. The second kappa shape index (κ2) is 9.04. The summed E-state index contributed by atoms with van der Waals surface area (Å²) in [6.07, 6.45) is -0.592. The molecule has 2 saturated heterocycles. The van der Waals surface area contributed by atoms with Crippen molar-refractivity contribution >= 4 is 31.2 Å². The Balaban J connectivity index is 1.55. The van der Waals surface area contributed by atoms with Gasteiger partial charge in [0.25, 0.3) is 0 Å². The van der Waals surface area contributed by atoms with Crippen LogP contribution in [0.3, 0.4) is 0 Å². The lowest BCUT2D eigenvalue weighted by Crippen LogP contribution is -2.75. The molecule has 2 fully saturated rings. The maximum Gasteiger partial charge on any atom is 0.334 e. The zero-order valence-corrected chi connectivity index (χ0v) is 18.3. The van der Waals surface area contributed by atoms with Crippen LogP contribution in [0.5, 0.6) is 0 Å². The van der Waals surface area contributed by atoms with Gasteiger partial charge in [0.15, 0.2) is 0 Å². The lowest BCUT2D eigenvalue weighted by molar-refractivity contribution is -0.186. The van der Waals surface area contributed by atoms with Gasteiger partial charge in [-0.3, -0.25) is 9.59 Å². The highest BCUT2D eigenvalue weighted by molar-refractivity contribution is 6.32. The van der Waals surface area contributed by atoms with Crippen molar-refractivity contribution in [1.29, 1.82) is 0 Å². The number of hydrazine groups is 1. The molecule has 0 aromatic heterocycles. The first-order valence-corrected chi connectivity index (χ1v) is 10.6. The van der Waals surface area contributed by atoms with Crippen LogP contribution < -0.4 is 10.8 Å². The molecule has 1 N–H and O–H groups in total. The average Bonchev–Trinajstić information content (AvgIpc) is 2.76. The number of carbonyl (C=O) groups excluding carboxylic acids is 3. The first-order valence-electron chi connectivity index (χ1n) is 10.6. The summed E-state index contributed by atoms with van der Waals surface area (Å²) in [7, 11) is 7.60. The fraction of sp³-hybridized carbons (Fsp3) is 0.348. The second-order valence-electron chi connectivity index (χ2n) is 8.23. The number of rotatable bonds is 4. The number of amides is 4. The molecule has 2 aromatic rings. The van der Waals surface area contributed by atoms with Crippen molar-refractivity contribution in [2.24, 2.45) is 0 Å². The number of likely N-dealkylation sites (N-methyl/N-ethyl adjacent to an activating group) is 1. The Bertz CT molecular complexity index is 1020. The van der Waals surface area contributed by atoms with Gasteiger partial charge in [-0.15, -0.1) is 0 Å². The van der Waals surface area contributed by atoms with Crippen molar-refractivity contribution in [3.63, 3.8) is 0 Å². The van der Waals surface area contributed by atoms with Crippen molar-refractivity contribution in [2.75, 3.05) is 20.1 Å². The van der Waals surface area contributed by atoms with Gasteiger partial charge in [0, 0.05) is 20.1 Å². The lowest BCUT2D eigenvalue weighted by Gasteiger charge is -2.53. The topological polar surface area (TPSA) is 76.2 Å². The van der Waals surface area contributed by atoms with Crippen LogP contribution in [0.2, 0.25) is 0 Å². The minimum absolute atomic E-state index is 0.0299. The number of hydrogen-bond acceptors (Lipinski definition) is 4. The van der Waals surface area contributed by atoms with E-state index >= 15 is 0 Å². The van der Waals surface area contributed by atoms with E-state index in [2.05, 4.69) is 5.32 Å². The van der Waals surface area contributed by atoms with Crippen molar-refractivity contribution in [3.8, 4) is 0 Å². The van der Waals surface area contributed by atoms with E-state index in [1.807, 2.05) is 48.5 Å². The van der Waals surface area contributed by atoms with Gasteiger partial charge >= 0.3 is 6.03 Å². The highest BCUT2D eigenvalue weighted by atomic mass is 16.2. The number of fused-ring (bicyclic) bond motifs is 1. The normalized spacial score (nSPS) is 21.5. The van der Waals surface area contributed by atoms with Crippen LogP contribution in [0.15, 0.2) is 54.6 Å². The van der Waals surface area contributed by atoms with Crippen molar-refractivity contribution in [2.45, 2.75) is 32.2 Å². The Labute approximate surface area is 189 Å². The fourth-order valence-corrected chi connectivity index (χ4v) is 4.37. The lowest BCUT2D eigenvalue weighted by atomic mass is 9.94. The molecule has 2 aliphatic heterocycles. The van der Waals surface area contributed by atoms with Crippen LogP contribution in [0.1, 0.15) is 18.1 Å². The molecule has 2 radical (unpaired) electrons. The zero-order chi connectivity index (χ0) is 22.8. The van der Waals surface area contributed by atoms with E-state index in [4.69, 9.17) is 7.85 Å². The van der Waals surface area contributed by atoms with Crippen molar-refractivity contribution < 1.29 is 14.4 Å². The van der Waals surface area contributed by atoms with Crippen LogP contribution >= 0.6 is 0 Å². The molecule has 0 aliphatic carbocycles. The highest BCUT2D eigenvalue weighted by Gasteiger charge is 2.49. The molecule has 164 valence electrons. The Hall–Kier alpha value is -3.33. The fourth-order valence-electron chi connectivity index (χ4n) is 4.37. The van der Waals surface area contributed by atoms with Crippen LogP contribution in [-0.4, -0.2) is 77.9 Å². The molecule has 2 atom stereocenters.